The zero-order valence-electron chi connectivity index (χ0n) is 11.8. The van der Waals surface area contributed by atoms with Gasteiger partial charge in [0.1, 0.15) is 0 Å². The molecular formula is C14H25N3O2. The maximum atomic E-state index is 12.5. The average Bonchev–Trinajstić information content (AvgIpc) is 2.70. The van der Waals surface area contributed by atoms with Gasteiger partial charge in [-0.05, 0) is 19.3 Å². The highest BCUT2D eigenvalue weighted by Crippen LogP contribution is 2.26. The van der Waals surface area contributed by atoms with Crippen molar-refractivity contribution in [3.05, 3.63) is 0 Å². The molecule has 1 saturated heterocycles. The molecule has 1 aliphatic carbocycles. The predicted molar refractivity (Wildman–Crippen MR) is 73.4 cm³/mol. The van der Waals surface area contributed by atoms with Crippen LogP contribution in [0.4, 0.5) is 0 Å². The number of hydrogen-bond acceptors (Lipinski definition) is 3. The van der Waals surface area contributed by atoms with Gasteiger partial charge in [-0.3, -0.25) is 9.59 Å². The average molecular weight is 267 g/mol. The van der Waals surface area contributed by atoms with Crippen molar-refractivity contribution in [1.82, 2.24) is 9.80 Å². The summed E-state index contributed by atoms with van der Waals surface area (Å²) in [6, 6.07) is 0.0316. The number of carbonyl (C=O) groups is 2. The first-order valence-corrected chi connectivity index (χ1v) is 7.45. The summed E-state index contributed by atoms with van der Waals surface area (Å²) in [5, 5.41) is 0. The van der Waals surface area contributed by atoms with Crippen molar-refractivity contribution in [2.45, 2.75) is 45.1 Å². The van der Waals surface area contributed by atoms with Crippen LogP contribution in [0, 0.1) is 5.92 Å². The third-order valence-electron chi connectivity index (χ3n) is 4.35. The lowest BCUT2D eigenvalue weighted by molar-refractivity contribution is -0.136. The van der Waals surface area contributed by atoms with Gasteiger partial charge in [-0.1, -0.05) is 13.3 Å². The number of hydrogen-bond donors (Lipinski definition) is 1. The quantitative estimate of drug-likeness (QED) is 0.796. The van der Waals surface area contributed by atoms with Crippen LogP contribution >= 0.6 is 0 Å². The highest BCUT2D eigenvalue weighted by Gasteiger charge is 2.34. The van der Waals surface area contributed by atoms with Crippen molar-refractivity contribution >= 4 is 11.8 Å². The monoisotopic (exact) mass is 267 g/mol. The first-order valence-electron chi connectivity index (χ1n) is 7.45. The van der Waals surface area contributed by atoms with Gasteiger partial charge in [0.15, 0.2) is 0 Å². The minimum absolute atomic E-state index is 0.00780. The van der Waals surface area contributed by atoms with Gasteiger partial charge in [0.05, 0.1) is 5.92 Å². The van der Waals surface area contributed by atoms with Gasteiger partial charge in [0, 0.05) is 38.6 Å². The standard InChI is InChI=1S/C14H25N3O2/c1-2-13(18)16-7-4-8-17(10-9-16)14(19)11-5-3-6-12(11)15/h11-12H,2-10,15H2,1H3. The van der Waals surface area contributed by atoms with Crippen LogP contribution < -0.4 is 5.73 Å². The van der Waals surface area contributed by atoms with Gasteiger partial charge < -0.3 is 15.5 Å². The second-order valence-electron chi connectivity index (χ2n) is 5.61. The normalized spacial score (nSPS) is 28.3. The van der Waals surface area contributed by atoms with Crippen molar-refractivity contribution in [1.29, 1.82) is 0 Å². The summed E-state index contributed by atoms with van der Waals surface area (Å²) >= 11 is 0. The van der Waals surface area contributed by atoms with Gasteiger partial charge in [-0.2, -0.15) is 0 Å². The molecule has 1 saturated carbocycles. The van der Waals surface area contributed by atoms with Crippen molar-refractivity contribution in [3.8, 4) is 0 Å². The van der Waals surface area contributed by atoms with Crippen molar-refractivity contribution in [3.63, 3.8) is 0 Å². The van der Waals surface area contributed by atoms with Gasteiger partial charge in [0.25, 0.3) is 0 Å². The SMILES string of the molecule is CCC(=O)N1CCCN(C(=O)C2CCCC2N)CC1. The number of nitrogens with two attached hydrogens (primary N) is 1. The fourth-order valence-electron chi connectivity index (χ4n) is 3.14. The van der Waals surface area contributed by atoms with Crippen LogP contribution in [-0.2, 0) is 9.59 Å². The van der Waals surface area contributed by atoms with Crippen molar-refractivity contribution in [2.24, 2.45) is 11.7 Å². The topological polar surface area (TPSA) is 66.6 Å². The molecule has 1 aliphatic heterocycles. The first-order chi connectivity index (χ1) is 9.13. The molecule has 5 heteroatoms. The van der Waals surface area contributed by atoms with E-state index in [0.717, 1.165) is 38.8 Å². The van der Waals surface area contributed by atoms with E-state index in [4.69, 9.17) is 5.73 Å². The predicted octanol–water partition coefficient (Wildman–Crippen LogP) is 0.585. The smallest absolute Gasteiger partial charge is 0.227 e. The van der Waals surface area contributed by atoms with E-state index in [9.17, 15) is 9.59 Å². The molecule has 0 radical (unpaired) electrons. The summed E-state index contributed by atoms with van der Waals surface area (Å²) in [6.45, 7) is 4.74. The maximum Gasteiger partial charge on any atom is 0.227 e. The molecule has 0 bridgehead atoms. The van der Waals surface area contributed by atoms with Gasteiger partial charge in [0.2, 0.25) is 11.8 Å². The van der Waals surface area contributed by atoms with Crippen LogP contribution in [0.2, 0.25) is 0 Å². The maximum absolute atomic E-state index is 12.5. The lowest BCUT2D eigenvalue weighted by Crippen LogP contribution is -2.43. The lowest BCUT2D eigenvalue weighted by Gasteiger charge is -2.26. The summed E-state index contributed by atoms with van der Waals surface area (Å²) < 4.78 is 0. The molecule has 2 amide bonds. The Labute approximate surface area is 115 Å². The zero-order valence-corrected chi connectivity index (χ0v) is 11.8. The van der Waals surface area contributed by atoms with Crippen LogP contribution in [0.3, 0.4) is 0 Å². The molecule has 1 heterocycles. The summed E-state index contributed by atoms with van der Waals surface area (Å²) in [5.74, 6) is 0.399. The third-order valence-corrected chi connectivity index (χ3v) is 4.35. The molecule has 2 fully saturated rings. The van der Waals surface area contributed by atoms with Crippen LogP contribution in [0.25, 0.3) is 0 Å². The minimum Gasteiger partial charge on any atom is -0.341 e. The highest BCUT2D eigenvalue weighted by molar-refractivity contribution is 5.80. The van der Waals surface area contributed by atoms with Crippen LogP contribution in [0.5, 0.6) is 0 Å². The Morgan fingerprint density at radius 3 is 2.37 bits per heavy atom. The Kier molecular flexibility index (Phi) is 4.80. The summed E-state index contributed by atoms with van der Waals surface area (Å²) in [6.07, 6.45) is 4.37. The summed E-state index contributed by atoms with van der Waals surface area (Å²) in [7, 11) is 0. The number of carbonyl (C=O) groups excluding carboxylic acids is 2. The fraction of sp³-hybridized carbons (Fsp3) is 0.857. The molecule has 2 atom stereocenters. The van der Waals surface area contributed by atoms with Crippen LogP contribution in [0.1, 0.15) is 39.0 Å². The highest BCUT2D eigenvalue weighted by atomic mass is 16.2. The molecule has 2 unspecified atom stereocenters. The van der Waals surface area contributed by atoms with Crippen LogP contribution in [-0.4, -0.2) is 53.8 Å². The van der Waals surface area contributed by atoms with Gasteiger partial charge in [-0.25, -0.2) is 0 Å². The molecule has 0 aromatic heterocycles. The van der Waals surface area contributed by atoms with E-state index < -0.39 is 0 Å². The number of rotatable bonds is 2. The molecule has 2 aliphatic rings. The number of nitrogens with zero attached hydrogens (tertiary/aromatic N) is 2. The second-order valence-corrected chi connectivity index (χ2v) is 5.61. The fourth-order valence-corrected chi connectivity index (χ4v) is 3.14. The zero-order chi connectivity index (χ0) is 13.8. The van der Waals surface area contributed by atoms with E-state index in [1.54, 1.807) is 0 Å². The molecule has 0 spiro atoms. The van der Waals surface area contributed by atoms with E-state index in [-0.39, 0.29) is 23.8 Å². The lowest BCUT2D eigenvalue weighted by atomic mass is 10.0. The van der Waals surface area contributed by atoms with Crippen LogP contribution in [0.15, 0.2) is 0 Å². The molecule has 108 valence electrons. The van der Waals surface area contributed by atoms with E-state index in [2.05, 4.69) is 0 Å². The molecule has 0 aromatic rings. The Morgan fingerprint density at radius 2 is 1.74 bits per heavy atom. The molecule has 19 heavy (non-hydrogen) atoms. The Balaban J connectivity index is 1.91. The summed E-state index contributed by atoms with van der Waals surface area (Å²) in [4.78, 5) is 28.0. The molecule has 0 aromatic carbocycles. The molecule has 2 rings (SSSR count). The number of amides is 2. The third kappa shape index (κ3) is 3.26. The van der Waals surface area contributed by atoms with Gasteiger partial charge in [-0.15, -0.1) is 0 Å². The van der Waals surface area contributed by atoms with E-state index in [1.165, 1.54) is 0 Å². The minimum atomic E-state index is 0.00780. The molecule has 5 nitrogen and oxygen atoms in total. The Bertz CT molecular complexity index is 346. The van der Waals surface area contributed by atoms with E-state index in [1.807, 2.05) is 16.7 Å². The van der Waals surface area contributed by atoms with Crippen molar-refractivity contribution in [2.75, 3.05) is 26.2 Å². The summed E-state index contributed by atoms with van der Waals surface area (Å²) in [5.41, 5.74) is 6.01. The second kappa shape index (κ2) is 6.37. The Hall–Kier alpha value is -1.10. The largest absolute Gasteiger partial charge is 0.341 e. The van der Waals surface area contributed by atoms with Crippen molar-refractivity contribution < 1.29 is 9.59 Å². The first kappa shape index (κ1) is 14.3. The van der Waals surface area contributed by atoms with Gasteiger partial charge >= 0.3 is 0 Å². The van der Waals surface area contributed by atoms with E-state index in [0.29, 0.717) is 19.5 Å². The molecular weight excluding hydrogens is 242 g/mol. The molecule has 2 N–H and O–H groups in total. The Morgan fingerprint density at radius 1 is 1.05 bits per heavy atom. The van der Waals surface area contributed by atoms with E-state index >= 15 is 0 Å².